The first kappa shape index (κ1) is 13.6. The summed E-state index contributed by atoms with van der Waals surface area (Å²) in [6.07, 6.45) is -2.13. The van der Waals surface area contributed by atoms with Gasteiger partial charge in [-0.25, -0.2) is 4.39 Å². The van der Waals surface area contributed by atoms with Gasteiger partial charge in [0.25, 0.3) is 0 Å². The highest BCUT2D eigenvalue weighted by molar-refractivity contribution is 5.68. The van der Waals surface area contributed by atoms with Crippen LogP contribution in [-0.2, 0) is 10.9 Å². The third-order valence-electron chi connectivity index (χ3n) is 3.58. The van der Waals surface area contributed by atoms with Gasteiger partial charge in [0.2, 0.25) is 0 Å². The maximum absolute atomic E-state index is 13.6. The first-order valence-electron chi connectivity index (χ1n) is 6.35. The van der Waals surface area contributed by atoms with Gasteiger partial charge in [-0.2, -0.15) is 13.2 Å². The normalized spacial score (nSPS) is 26.3. The van der Waals surface area contributed by atoms with Crippen LogP contribution in [0.2, 0.25) is 0 Å². The summed E-state index contributed by atoms with van der Waals surface area (Å²) < 4.78 is 56.6. The maximum Gasteiger partial charge on any atom is 0.419 e. The summed E-state index contributed by atoms with van der Waals surface area (Å²) in [5.41, 5.74) is 0.155. The molecule has 1 aromatic rings. The molecule has 1 saturated heterocycles. The molecule has 20 heavy (non-hydrogen) atoms. The lowest BCUT2D eigenvalue weighted by Crippen LogP contribution is -2.50. The Morgan fingerprint density at radius 3 is 2.65 bits per heavy atom. The number of rotatable bonds is 1. The second-order valence-corrected chi connectivity index (χ2v) is 5.10. The van der Waals surface area contributed by atoms with Crippen LogP contribution in [-0.4, -0.2) is 25.3 Å². The highest BCUT2D eigenvalue weighted by Crippen LogP contribution is 2.34. The fourth-order valence-electron chi connectivity index (χ4n) is 2.69. The summed E-state index contributed by atoms with van der Waals surface area (Å²) in [4.78, 5) is 0. The molecule has 0 radical (unpaired) electrons. The molecule has 2 bridgehead atoms. The van der Waals surface area contributed by atoms with Crippen molar-refractivity contribution in [1.29, 1.82) is 0 Å². The van der Waals surface area contributed by atoms with Crippen molar-refractivity contribution in [3.63, 3.8) is 0 Å². The number of halogens is 4. The maximum atomic E-state index is 13.6. The van der Waals surface area contributed by atoms with Gasteiger partial charge in [-0.15, -0.1) is 0 Å². The number of hydrogen-bond donors (Lipinski definition) is 1. The highest BCUT2D eigenvalue weighted by atomic mass is 19.4. The van der Waals surface area contributed by atoms with E-state index in [1.165, 1.54) is 6.07 Å². The van der Waals surface area contributed by atoms with Crippen LogP contribution in [0, 0.1) is 5.82 Å². The molecule has 0 aromatic heterocycles. The zero-order valence-corrected chi connectivity index (χ0v) is 10.5. The van der Waals surface area contributed by atoms with E-state index in [0.717, 1.165) is 17.7 Å². The molecule has 0 amide bonds. The fraction of sp³-hybridized carbons (Fsp3) is 0.429. The number of hydrogen-bond acceptors (Lipinski definition) is 2. The van der Waals surface area contributed by atoms with Crippen molar-refractivity contribution in [3.8, 4) is 0 Å². The molecule has 3 rings (SSSR count). The van der Waals surface area contributed by atoms with Crippen molar-refractivity contribution in [1.82, 2.24) is 5.32 Å². The molecule has 0 aliphatic carbocycles. The molecule has 108 valence electrons. The molecule has 2 atom stereocenters. The van der Waals surface area contributed by atoms with E-state index >= 15 is 0 Å². The van der Waals surface area contributed by atoms with Gasteiger partial charge < -0.3 is 10.1 Å². The van der Waals surface area contributed by atoms with Crippen molar-refractivity contribution in [2.45, 2.75) is 24.7 Å². The molecular formula is C14H13F4NO. The number of fused-ring (bicyclic) bond motifs is 2. The third kappa shape index (κ3) is 2.58. The van der Waals surface area contributed by atoms with Gasteiger partial charge in [0.05, 0.1) is 18.8 Å². The van der Waals surface area contributed by atoms with Gasteiger partial charge in [0, 0.05) is 12.1 Å². The molecule has 2 aliphatic heterocycles. The van der Waals surface area contributed by atoms with Crippen molar-refractivity contribution >= 4 is 5.57 Å². The first-order valence-corrected chi connectivity index (χ1v) is 6.35. The minimum absolute atomic E-state index is 0.0443. The Hall–Kier alpha value is -1.40. The lowest BCUT2D eigenvalue weighted by molar-refractivity contribution is -0.140. The average molecular weight is 287 g/mol. The van der Waals surface area contributed by atoms with Crippen LogP contribution in [0.1, 0.15) is 17.5 Å². The standard InChI is InChI=1S/C14H13F4NO/c15-13-5-8(1-2-12(13)14(16,17)18)9-3-10-6-20-7-11(4-9)19-10/h1-3,5,10-11,19H,4,6-7H2. The summed E-state index contributed by atoms with van der Waals surface area (Å²) in [6.45, 7) is 1.10. The molecule has 0 saturated carbocycles. The van der Waals surface area contributed by atoms with Crippen molar-refractivity contribution < 1.29 is 22.3 Å². The Labute approximate surface area is 113 Å². The van der Waals surface area contributed by atoms with Crippen LogP contribution >= 0.6 is 0 Å². The van der Waals surface area contributed by atoms with E-state index in [4.69, 9.17) is 4.74 Å². The topological polar surface area (TPSA) is 21.3 Å². The molecule has 2 unspecified atom stereocenters. The van der Waals surface area contributed by atoms with Crippen LogP contribution in [0.5, 0.6) is 0 Å². The van der Waals surface area contributed by atoms with Crippen LogP contribution in [0.25, 0.3) is 5.57 Å². The Balaban J connectivity index is 1.92. The quantitative estimate of drug-likeness (QED) is 0.802. The van der Waals surface area contributed by atoms with Crippen molar-refractivity contribution in [2.24, 2.45) is 0 Å². The molecular weight excluding hydrogens is 274 g/mol. The SMILES string of the molecule is Fc1cc(C2=CC3COCC(C2)N3)ccc1C(F)(F)F. The summed E-state index contributed by atoms with van der Waals surface area (Å²) in [5, 5.41) is 3.33. The Morgan fingerprint density at radius 2 is 2.00 bits per heavy atom. The lowest BCUT2D eigenvalue weighted by Gasteiger charge is -2.35. The zero-order chi connectivity index (χ0) is 14.3. The zero-order valence-electron chi connectivity index (χ0n) is 10.5. The lowest BCUT2D eigenvalue weighted by atomic mass is 9.91. The summed E-state index contributed by atoms with van der Waals surface area (Å²) in [5.74, 6) is -1.23. The Morgan fingerprint density at radius 1 is 1.20 bits per heavy atom. The van der Waals surface area contributed by atoms with Gasteiger partial charge in [0.1, 0.15) is 5.82 Å². The van der Waals surface area contributed by atoms with Crippen LogP contribution < -0.4 is 5.32 Å². The second-order valence-electron chi connectivity index (χ2n) is 5.10. The van der Waals surface area contributed by atoms with E-state index in [1.54, 1.807) is 0 Å². The number of alkyl halides is 3. The fourth-order valence-corrected chi connectivity index (χ4v) is 2.69. The average Bonchev–Trinajstić information content (AvgIpc) is 2.36. The van der Waals surface area contributed by atoms with Crippen molar-refractivity contribution in [3.05, 3.63) is 41.2 Å². The monoisotopic (exact) mass is 287 g/mol. The highest BCUT2D eigenvalue weighted by Gasteiger charge is 2.34. The van der Waals surface area contributed by atoms with Crippen LogP contribution in [0.15, 0.2) is 24.3 Å². The summed E-state index contributed by atoms with van der Waals surface area (Å²) in [7, 11) is 0. The summed E-state index contributed by atoms with van der Waals surface area (Å²) in [6, 6.07) is 3.29. The summed E-state index contributed by atoms with van der Waals surface area (Å²) >= 11 is 0. The van der Waals surface area contributed by atoms with Gasteiger partial charge in [-0.05, 0) is 29.7 Å². The van der Waals surface area contributed by atoms with E-state index in [1.807, 2.05) is 6.08 Å². The molecule has 2 heterocycles. The molecule has 6 heteroatoms. The Bertz CT molecular complexity index is 553. The minimum Gasteiger partial charge on any atom is -0.378 e. The van der Waals surface area contributed by atoms with Crippen molar-refractivity contribution in [2.75, 3.05) is 13.2 Å². The molecule has 2 nitrogen and oxygen atoms in total. The second kappa shape index (κ2) is 4.86. The van der Waals surface area contributed by atoms with E-state index < -0.39 is 17.6 Å². The molecule has 2 aliphatic rings. The van der Waals surface area contributed by atoms with E-state index in [0.29, 0.717) is 25.2 Å². The number of nitrogens with one attached hydrogen (secondary N) is 1. The minimum atomic E-state index is -4.66. The number of ether oxygens (including phenoxy) is 1. The molecule has 0 spiro atoms. The molecule has 1 aromatic carbocycles. The van der Waals surface area contributed by atoms with Crippen LogP contribution in [0.4, 0.5) is 17.6 Å². The van der Waals surface area contributed by atoms with Gasteiger partial charge in [0.15, 0.2) is 0 Å². The largest absolute Gasteiger partial charge is 0.419 e. The van der Waals surface area contributed by atoms with Gasteiger partial charge in [-0.1, -0.05) is 12.1 Å². The third-order valence-corrected chi connectivity index (χ3v) is 3.58. The number of benzene rings is 1. The predicted molar refractivity (Wildman–Crippen MR) is 65.5 cm³/mol. The smallest absolute Gasteiger partial charge is 0.378 e. The Kier molecular flexibility index (Phi) is 3.30. The first-order chi connectivity index (χ1) is 9.43. The van der Waals surface area contributed by atoms with E-state index in [9.17, 15) is 17.6 Å². The van der Waals surface area contributed by atoms with Crippen LogP contribution in [0.3, 0.4) is 0 Å². The van der Waals surface area contributed by atoms with E-state index in [-0.39, 0.29) is 12.1 Å². The molecule has 1 N–H and O–H groups in total. The van der Waals surface area contributed by atoms with E-state index in [2.05, 4.69) is 5.32 Å². The van der Waals surface area contributed by atoms with Gasteiger partial charge in [-0.3, -0.25) is 0 Å². The number of morpholine rings is 1. The predicted octanol–water partition coefficient (Wildman–Crippen LogP) is 2.99. The van der Waals surface area contributed by atoms with Gasteiger partial charge >= 0.3 is 6.18 Å². The molecule has 1 fully saturated rings.